The fourth-order valence-corrected chi connectivity index (χ4v) is 6.60. The van der Waals surface area contributed by atoms with Gasteiger partial charge >= 0.3 is 0 Å². The van der Waals surface area contributed by atoms with Crippen LogP contribution in [0.25, 0.3) is 0 Å². The van der Waals surface area contributed by atoms with Crippen molar-refractivity contribution in [3.05, 3.63) is 18.2 Å². The first kappa shape index (κ1) is 37.2. The fourth-order valence-electron chi connectivity index (χ4n) is 6.60. The number of H-pyrrole nitrogens is 1. The van der Waals surface area contributed by atoms with Crippen molar-refractivity contribution >= 4 is 0 Å². The maximum Gasteiger partial charge on any atom is 0.257 e. The SMILES string of the molecule is CCCCCCCCCCCCCCCCC(CCCCCCC)c1[nH]cc[n+]1C(C)CCCCCCCCC. The minimum absolute atomic E-state index is 0.621. The Morgan fingerprint density at radius 2 is 0.800 bits per heavy atom. The summed E-state index contributed by atoms with van der Waals surface area (Å²) in [5, 5.41) is 0. The van der Waals surface area contributed by atoms with E-state index in [0.717, 1.165) is 0 Å². The zero-order valence-electron chi connectivity index (χ0n) is 28.3. The first-order valence-electron chi connectivity index (χ1n) is 18.8. The highest BCUT2D eigenvalue weighted by Crippen LogP contribution is 2.27. The van der Waals surface area contributed by atoms with Crippen molar-refractivity contribution in [3.8, 4) is 0 Å². The van der Waals surface area contributed by atoms with E-state index in [2.05, 4.69) is 49.6 Å². The first-order chi connectivity index (χ1) is 19.7. The minimum Gasteiger partial charge on any atom is -0.247 e. The number of rotatable bonds is 31. The molecule has 2 heteroatoms. The van der Waals surface area contributed by atoms with Gasteiger partial charge in [0.15, 0.2) is 0 Å². The Morgan fingerprint density at radius 3 is 1.18 bits per heavy atom. The van der Waals surface area contributed by atoms with Crippen molar-refractivity contribution in [1.82, 2.24) is 4.98 Å². The van der Waals surface area contributed by atoms with Crippen LogP contribution in [-0.4, -0.2) is 4.98 Å². The van der Waals surface area contributed by atoms with Gasteiger partial charge < -0.3 is 0 Å². The fraction of sp³-hybridized carbons (Fsp3) is 0.921. The second kappa shape index (κ2) is 28.3. The molecule has 1 aromatic heterocycles. The normalized spacial score (nSPS) is 13.2. The number of nitrogens with one attached hydrogen (secondary N) is 1. The van der Waals surface area contributed by atoms with Gasteiger partial charge in [0.1, 0.15) is 12.4 Å². The highest BCUT2D eigenvalue weighted by molar-refractivity contribution is 4.90. The summed E-state index contributed by atoms with van der Waals surface area (Å²) >= 11 is 0. The third-order valence-corrected chi connectivity index (χ3v) is 9.39. The van der Waals surface area contributed by atoms with E-state index in [4.69, 9.17) is 0 Å². The third kappa shape index (κ3) is 20.1. The zero-order chi connectivity index (χ0) is 28.9. The van der Waals surface area contributed by atoms with Gasteiger partial charge in [-0.2, -0.15) is 0 Å². The van der Waals surface area contributed by atoms with Gasteiger partial charge in [-0.1, -0.05) is 181 Å². The molecule has 40 heavy (non-hydrogen) atoms. The van der Waals surface area contributed by atoms with Crippen LogP contribution < -0.4 is 4.57 Å². The molecule has 0 aromatic carbocycles. The molecule has 1 rings (SSSR count). The molecule has 0 radical (unpaired) electrons. The van der Waals surface area contributed by atoms with E-state index in [0.29, 0.717) is 12.0 Å². The minimum atomic E-state index is 0.621. The van der Waals surface area contributed by atoms with Gasteiger partial charge in [0.25, 0.3) is 5.82 Å². The molecule has 0 aliphatic rings. The summed E-state index contributed by atoms with van der Waals surface area (Å²) in [5.74, 6) is 2.24. The smallest absolute Gasteiger partial charge is 0.247 e. The van der Waals surface area contributed by atoms with Crippen LogP contribution in [0.2, 0.25) is 0 Å². The second-order valence-corrected chi connectivity index (χ2v) is 13.3. The van der Waals surface area contributed by atoms with Gasteiger partial charge in [-0.15, -0.1) is 0 Å². The number of aromatic nitrogens is 2. The van der Waals surface area contributed by atoms with E-state index in [-0.39, 0.29) is 0 Å². The summed E-state index contributed by atoms with van der Waals surface area (Å²) in [6.07, 6.45) is 45.7. The standard InChI is InChI=1S/C38H74N2/c1-5-8-11-14-16-17-18-19-20-21-22-24-27-30-33-37(32-29-25-13-10-7-3)38-39-34-35-40(38)36(4)31-28-26-23-15-12-9-6-2/h34-37H,5-33H2,1-4H3/p+1. The lowest BCUT2D eigenvalue weighted by molar-refractivity contribution is -0.727. The maximum atomic E-state index is 3.73. The predicted octanol–water partition coefficient (Wildman–Crippen LogP) is 13.3. The number of hydrogen-bond acceptors (Lipinski definition) is 0. The number of nitrogens with zero attached hydrogens (tertiary/aromatic N) is 1. The van der Waals surface area contributed by atoms with Crippen molar-refractivity contribution in [2.45, 2.75) is 226 Å². The molecule has 2 unspecified atom stereocenters. The van der Waals surface area contributed by atoms with Gasteiger partial charge in [-0.3, -0.25) is 0 Å². The molecule has 0 amide bonds. The molecular formula is C38H75N2+. The van der Waals surface area contributed by atoms with E-state index in [1.54, 1.807) is 0 Å². The molecule has 0 spiro atoms. The lowest BCUT2D eigenvalue weighted by Crippen LogP contribution is -2.41. The van der Waals surface area contributed by atoms with Crippen LogP contribution in [0.4, 0.5) is 0 Å². The van der Waals surface area contributed by atoms with E-state index in [1.807, 2.05) is 0 Å². The van der Waals surface area contributed by atoms with Crippen molar-refractivity contribution < 1.29 is 4.57 Å². The van der Waals surface area contributed by atoms with Crippen LogP contribution in [0.15, 0.2) is 12.4 Å². The van der Waals surface area contributed by atoms with Gasteiger partial charge in [0.2, 0.25) is 0 Å². The summed E-state index contributed by atoms with van der Waals surface area (Å²) < 4.78 is 2.62. The van der Waals surface area contributed by atoms with E-state index in [1.165, 1.54) is 192 Å². The van der Waals surface area contributed by atoms with Crippen LogP contribution in [0, 0.1) is 0 Å². The summed E-state index contributed by atoms with van der Waals surface area (Å²) in [5.41, 5.74) is 0. The Labute approximate surface area is 253 Å². The number of hydrogen-bond donors (Lipinski definition) is 1. The Balaban J connectivity index is 2.34. The Bertz CT molecular complexity index is 621. The largest absolute Gasteiger partial charge is 0.257 e. The molecule has 0 bridgehead atoms. The number of imidazole rings is 1. The van der Waals surface area contributed by atoms with Gasteiger partial charge in [-0.05, 0) is 32.6 Å². The Morgan fingerprint density at radius 1 is 0.475 bits per heavy atom. The molecule has 236 valence electrons. The van der Waals surface area contributed by atoms with Crippen LogP contribution in [0.1, 0.15) is 232 Å². The Kier molecular flexibility index (Phi) is 26.4. The van der Waals surface area contributed by atoms with E-state index < -0.39 is 0 Å². The van der Waals surface area contributed by atoms with Gasteiger partial charge in [0, 0.05) is 0 Å². The molecule has 0 saturated carbocycles. The highest BCUT2D eigenvalue weighted by atomic mass is 15.1. The van der Waals surface area contributed by atoms with Crippen LogP contribution in [0.3, 0.4) is 0 Å². The molecule has 0 aliphatic carbocycles. The average molecular weight is 560 g/mol. The lowest BCUT2D eigenvalue weighted by atomic mass is 9.93. The third-order valence-electron chi connectivity index (χ3n) is 9.39. The van der Waals surface area contributed by atoms with Crippen molar-refractivity contribution in [2.24, 2.45) is 0 Å². The summed E-state index contributed by atoms with van der Waals surface area (Å²) in [4.78, 5) is 3.73. The average Bonchev–Trinajstić information content (AvgIpc) is 3.45. The second-order valence-electron chi connectivity index (χ2n) is 13.3. The molecular weight excluding hydrogens is 484 g/mol. The molecule has 0 aliphatic heterocycles. The van der Waals surface area contributed by atoms with Gasteiger partial charge in [0.05, 0.1) is 12.0 Å². The van der Waals surface area contributed by atoms with E-state index in [9.17, 15) is 0 Å². The van der Waals surface area contributed by atoms with Crippen LogP contribution in [0.5, 0.6) is 0 Å². The molecule has 2 nitrogen and oxygen atoms in total. The number of unbranched alkanes of at least 4 members (excludes halogenated alkanes) is 23. The quantitative estimate of drug-likeness (QED) is 0.0689. The topological polar surface area (TPSA) is 19.7 Å². The lowest BCUT2D eigenvalue weighted by Gasteiger charge is -2.17. The highest BCUT2D eigenvalue weighted by Gasteiger charge is 2.25. The summed E-state index contributed by atoms with van der Waals surface area (Å²) in [6.45, 7) is 9.40. The van der Waals surface area contributed by atoms with Crippen molar-refractivity contribution in [2.75, 3.05) is 0 Å². The monoisotopic (exact) mass is 560 g/mol. The molecule has 0 saturated heterocycles. The van der Waals surface area contributed by atoms with Gasteiger partial charge in [-0.25, -0.2) is 9.55 Å². The zero-order valence-corrected chi connectivity index (χ0v) is 28.3. The predicted molar refractivity (Wildman–Crippen MR) is 179 cm³/mol. The summed E-state index contributed by atoms with van der Waals surface area (Å²) in [6, 6.07) is 0.621. The molecule has 1 aromatic rings. The van der Waals surface area contributed by atoms with E-state index >= 15 is 0 Å². The molecule has 1 N–H and O–H groups in total. The number of aromatic amines is 1. The first-order valence-corrected chi connectivity index (χ1v) is 18.8. The summed E-state index contributed by atoms with van der Waals surface area (Å²) in [7, 11) is 0. The van der Waals surface area contributed by atoms with Crippen LogP contribution >= 0.6 is 0 Å². The molecule has 2 atom stereocenters. The molecule has 0 fully saturated rings. The molecule has 1 heterocycles. The van der Waals surface area contributed by atoms with Crippen molar-refractivity contribution in [3.63, 3.8) is 0 Å². The maximum absolute atomic E-state index is 3.73. The van der Waals surface area contributed by atoms with Crippen LogP contribution in [-0.2, 0) is 0 Å². The van der Waals surface area contributed by atoms with Crippen molar-refractivity contribution in [1.29, 1.82) is 0 Å². The Hall–Kier alpha value is -0.790.